The minimum absolute atomic E-state index is 0.0473. The molecule has 3 N–H and O–H groups in total. The highest BCUT2D eigenvalue weighted by Crippen LogP contribution is 2.28. The molecule has 5 heteroatoms. The van der Waals surface area contributed by atoms with E-state index in [2.05, 4.69) is 5.32 Å². The molecule has 110 valence electrons. The Morgan fingerprint density at radius 1 is 1.35 bits per heavy atom. The lowest BCUT2D eigenvalue weighted by Gasteiger charge is -2.26. The van der Waals surface area contributed by atoms with Gasteiger partial charge in [-0.3, -0.25) is 9.59 Å². The lowest BCUT2D eigenvalue weighted by atomic mass is 9.81. The molecule has 1 aliphatic carbocycles. The maximum Gasteiger partial charge on any atom is 0.250 e. The average Bonchev–Trinajstić information content (AvgIpc) is 2.49. The van der Waals surface area contributed by atoms with E-state index >= 15 is 0 Å². The topological polar surface area (TPSA) is 77.1 Å². The quantitative estimate of drug-likeness (QED) is 0.877. The Labute approximate surface area is 119 Å². The molecular formula is C15H23N3O2. The minimum atomic E-state index is -0.0473. The minimum Gasteiger partial charge on any atom is -0.330 e. The number of aromatic nitrogens is 1. The van der Waals surface area contributed by atoms with Crippen LogP contribution in [0.1, 0.15) is 32.6 Å². The van der Waals surface area contributed by atoms with Crippen LogP contribution in [0.2, 0.25) is 0 Å². The molecule has 0 aliphatic heterocycles. The summed E-state index contributed by atoms with van der Waals surface area (Å²) >= 11 is 0. The van der Waals surface area contributed by atoms with E-state index in [0.717, 1.165) is 32.2 Å². The van der Waals surface area contributed by atoms with Gasteiger partial charge in [0, 0.05) is 24.7 Å². The molecule has 1 aliphatic rings. The molecule has 0 radical (unpaired) electrons. The number of anilines is 1. The lowest BCUT2D eigenvalue weighted by molar-refractivity contribution is -0.121. The number of carbonyl (C=O) groups excluding carboxylic acids is 1. The lowest BCUT2D eigenvalue weighted by Crippen LogP contribution is -2.30. The molecule has 0 aromatic carbocycles. The van der Waals surface area contributed by atoms with Crippen LogP contribution >= 0.6 is 0 Å². The molecule has 1 aromatic heterocycles. The fraction of sp³-hybridized carbons (Fsp3) is 0.600. The van der Waals surface area contributed by atoms with Gasteiger partial charge in [-0.25, -0.2) is 0 Å². The first kappa shape index (κ1) is 14.8. The first-order valence-corrected chi connectivity index (χ1v) is 7.35. The average molecular weight is 277 g/mol. The Morgan fingerprint density at radius 3 is 2.65 bits per heavy atom. The van der Waals surface area contributed by atoms with Crippen molar-refractivity contribution in [3.63, 3.8) is 0 Å². The van der Waals surface area contributed by atoms with Gasteiger partial charge in [-0.05, 0) is 51.1 Å². The van der Waals surface area contributed by atoms with Crippen LogP contribution in [0.15, 0.2) is 23.1 Å². The van der Waals surface area contributed by atoms with Gasteiger partial charge in [0.25, 0.3) is 5.56 Å². The molecule has 0 bridgehead atoms. The zero-order chi connectivity index (χ0) is 14.5. The van der Waals surface area contributed by atoms with Crippen LogP contribution in [0.4, 0.5) is 5.69 Å². The smallest absolute Gasteiger partial charge is 0.250 e. The number of nitrogens with zero attached hydrogens (tertiary/aromatic N) is 1. The molecule has 1 heterocycles. The Kier molecular flexibility index (Phi) is 4.95. The van der Waals surface area contributed by atoms with E-state index in [1.54, 1.807) is 16.8 Å². The summed E-state index contributed by atoms with van der Waals surface area (Å²) in [7, 11) is 0. The van der Waals surface area contributed by atoms with Crippen LogP contribution in [0, 0.1) is 11.8 Å². The van der Waals surface area contributed by atoms with Gasteiger partial charge in [0.05, 0.1) is 5.69 Å². The van der Waals surface area contributed by atoms with Crippen LogP contribution in [0.3, 0.4) is 0 Å². The second-order valence-electron chi connectivity index (χ2n) is 5.48. The molecule has 0 atom stereocenters. The molecule has 1 amide bonds. The number of nitrogens with two attached hydrogens (primary N) is 1. The highest BCUT2D eigenvalue weighted by Gasteiger charge is 2.25. The molecule has 1 saturated carbocycles. The number of amides is 1. The van der Waals surface area contributed by atoms with Crippen LogP contribution < -0.4 is 16.6 Å². The van der Waals surface area contributed by atoms with Crippen molar-refractivity contribution in [1.82, 2.24) is 4.57 Å². The van der Waals surface area contributed by atoms with Crippen molar-refractivity contribution in [3.8, 4) is 0 Å². The number of hydrogen-bond donors (Lipinski definition) is 2. The maximum absolute atomic E-state index is 12.2. The Balaban J connectivity index is 1.96. The van der Waals surface area contributed by atoms with Gasteiger partial charge in [0.2, 0.25) is 5.91 Å². The van der Waals surface area contributed by atoms with Crippen molar-refractivity contribution in [2.75, 3.05) is 11.9 Å². The second kappa shape index (κ2) is 6.70. The van der Waals surface area contributed by atoms with Crippen molar-refractivity contribution in [3.05, 3.63) is 28.7 Å². The molecule has 2 rings (SSSR count). The number of rotatable bonds is 4. The maximum atomic E-state index is 12.2. The van der Waals surface area contributed by atoms with Crippen molar-refractivity contribution in [2.45, 2.75) is 39.2 Å². The Hall–Kier alpha value is -1.62. The number of nitrogens with one attached hydrogen (secondary N) is 1. The number of aryl methyl sites for hydroxylation is 1. The summed E-state index contributed by atoms with van der Waals surface area (Å²) in [5.41, 5.74) is 6.31. The van der Waals surface area contributed by atoms with Crippen molar-refractivity contribution < 1.29 is 4.79 Å². The highest BCUT2D eigenvalue weighted by atomic mass is 16.2. The van der Waals surface area contributed by atoms with E-state index in [1.165, 1.54) is 6.07 Å². The standard InChI is InChI=1S/C15H23N3O2/c1-2-18-10-13(7-8-14(18)19)17-15(20)12-5-3-11(9-16)4-6-12/h7-8,10-12H,2-6,9,16H2,1H3,(H,17,20). The van der Waals surface area contributed by atoms with E-state index in [1.807, 2.05) is 6.92 Å². The largest absolute Gasteiger partial charge is 0.330 e. The summed E-state index contributed by atoms with van der Waals surface area (Å²) in [6.45, 7) is 3.22. The van der Waals surface area contributed by atoms with E-state index in [4.69, 9.17) is 5.73 Å². The zero-order valence-corrected chi connectivity index (χ0v) is 12.0. The molecule has 0 unspecified atom stereocenters. The van der Waals surface area contributed by atoms with Crippen LogP contribution in [-0.2, 0) is 11.3 Å². The van der Waals surface area contributed by atoms with Crippen LogP contribution in [0.5, 0.6) is 0 Å². The number of pyridine rings is 1. The van der Waals surface area contributed by atoms with E-state index in [9.17, 15) is 9.59 Å². The molecular weight excluding hydrogens is 254 g/mol. The fourth-order valence-corrected chi connectivity index (χ4v) is 2.76. The Bertz CT molecular complexity index is 516. The first-order valence-electron chi connectivity index (χ1n) is 7.35. The van der Waals surface area contributed by atoms with Crippen molar-refractivity contribution >= 4 is 11.6 Å². The summed E-state index contributed by atoms with van der Waals surface area (Å²) in [6.07, 6.45) is 5.57. The predicted molar refractivity (Wildman–Crippen MR) is 79.5 cm³/mol. The van der Waals surface area contributed by atoms with Gasteiger partial charge in [-0.15, -0.1) is 0 Å². The third-order valence-electron chi connectivity index (χ3n) is 4.14. The molecule has 0 saturated heterocycles. The summed E-state index contributed by atoms with van der Waals surface area (Å²) in [6, 6.07) is 3.16. The van der Waals surface area contributed by atoms with E-state index in [0.29, 0.717) is 18.2 Å². The summed E-state index contributed by atoms with van der Waals surface area (Å²) < 4.78 is 1.58. The monoisotopic (exact) mass is 277 g/mol. The normalized spacial score (nSPS) is 22.5. The Morgan fingerprint density at radius 2 is 2.05 bits per heavy atom. The number of carbonyl (C=O) groups is 1. The first-order chi connectivity index (χ1) is 9.63. The van der Waals surface area contributed by atoms with Crippen molar-refractivity contribution in [1.29, 1.82) is 0 Å². The van der Waals surface area contributed by atoms with Gasteiger partial charge in [0.1, 0.15) is 0 Å². The predicted octanol–water partition coefficient (Wildman–Crippen LogP) is 1.57. The summed E-state index contributed by atoms with van der Waals surface area (Å²) in [5, 5.41) is 2.92. The van der Waals surface area contributed by atoms with Gasteiger partial charge in [0.15, 0.2) is 0 Å². The van der Waals surface area contributed by atoms with E-state index in [-0.39, 0.29) is 17.4 Å². The fourth-order valence-electron chi connectivity index (χ4n) is 2.76. The van der Waals surface area contributed by atoms with Gasteiger partial charge in [-0.2, -0.15) is 0 Å². The molecule has 5 nitrogen and oxygen atoms in total. The van der Waals surface area contributed by atoms with Gasteiger partial charge in [-0.1, -0.05) is 0 Å². The molecule has 20 heavy (non-hydrogen) atoms. The number of hydrogen-bond acceptors (Lipinski definition) is 3. The molecule has 0 spiro atoms. The summed E-state index contributed by atoms with van der Waals surface area (Å²) in [4.78, 5) is 23.7. The highest BCUT2D eigenvalue weighted by molar-refractivity contribution is 5.92. The molecule has 1 fully saturated rings. The van der Waals surface area contributed by atoms with Gasteiger partial charge < -0.3 is 15.6 Å². The van der Waals surface area contributed by atoms with Crippen LogP contribution in [-0.4, -0.2) is 17.0 Å². The van der Waals surface area contributed by atoms with Crippen molar-refractivity contribution in [2.24, 2.45) is 17.6 Å². The van der Waals surface area contributed by atoms with Gasteiger partial charge >= 0.3 is 0 Å². The second-order valence-corrected chi connectivity index (χ2v) is 5.48. The third kappa shape index (κ3) is 3.48. The summed E-state index contributed by atoms with van der Waals surface area (Å²) in [5.74, 6) is 0.697. The van der Waals surface area contributed by atoms with Crippen LogP contribution in [0.25, 0.3) is 0 Å². The SMILES string of the molecule is CCn1cc(NC(=O)C2CCC(CN)CC2)ccc1=O. The zero-order valence-electron chi connectivity index (χ0n) is 12.0. The third-order valence-corrected chi connectivity index (χ3v) is 4.14. The van der Waals surface area contributed by atoms with E-state index < -0.39 is 0 Å². The molecule has 1 aromatic rings.